The Hall–Kier alpha value is -1.27. The van der Waals surface area contributed by atoms with Crippen molar-refractivity contribution in [2.75, 3.05) is 13.1 Å². The Kier molecular flexibility index (Phi) is 4.24. The molecule has 104 valence electrons. The summed E-state index contributed by atoms with van der Waals surface area (Å²) in [4.78, 5) is 22.9. The third-order valence-corrected chi connectivity index (χ3v) is 3.43. The first kappa shape index (κ1) is 14.8. The molecule has 0 saturated carbocycles. The van der Waals surface area contributed by atoms with Crippen LogP contribution in [-0.4, -0.2) is 41.1 Å². The van der Waals surface area contributed by atoms with Crippen LogP contribution >= 0.6 is 0 Å². The zero-order chi connectivity index (χ0) is 14.0. The maximum absolute atomic E-state index is 12.2. The second-order valence-electron chi connectivity index (χ2n) is 4.63. The van der Waals surface area contributed by atoms with Crippen LogP contribution in [0, 0.1) is 5.41 Å². The second-order valence-corrected chi connectivity index (χ2v) is 4.63. The van der Waals surface area contributed by atoms with Gasteiger partial charge in [-0.1, -0.05) is 13.3 Å². The van der Waals surface area contributed by atoms with Gasteiger partial charge in [0.25, 0.3) is 0 Å². The molecule has 0 bridgehead atoms. The number of hydrogen-bond donors (Lipinski definition) is 1. The molecule has 0 aromatic heterocycles. The summed E-state index contributed by atoms with van der Waals surface area (Å²) in [5.41, 5.74) is -0.975. The average Bonchev–Trinajstić information content (AvgIpc) is 2.28. The monoisotopic (exact) mass is 267 g/mol. The number of alkyl halides is 3. The summed E-state index contributed by atoms with van der Waals surface area (Å²) in [6.45, 7) is 1.53. The number of carboxylic acids is 1. The highest BCUT2D eigenvalue weighted by molar-refractivity contribution is 5.82. The van der Waals surface area contributed by atoms with E-state index in [1.54, 1.807) is 0 Å². The smallest absolute Gasteiger partial charge is 0.471 e. The van der Waals surface area contributed by atoms with Crippen LogP contribution in [0.15, 0.2) is 0 Å². The van der Waals surface area contributed by atoms with Gasteiger partial charge in [-0.2, -0.15) is 13.2 Å². The molecule has 1 aliphatic rings. The topological polar surface area (TPSA) is 57.6 Å². The Bertz CT molecular complexity index is 333. The van der Waals surface area contributed by atoms with Crippen LogP contribution in [0.5, 0.6) is 0 Å². The molecule has 1 fully saturated rings. The lowest BCUT2D eigenvalue weighted by Gasteiger charge is -2.38. The molecule has 1 heterocycles. The van der Waals surface area contributed by atoms with Gasteiger partial charge < -0.3 is 10.0 Å². The molecule has 0 atom stereocenters. The van der Waals surface area contributed by atoms with Crippen LogP contribution in [0.4, 0.5) is 13.2 Å². The Morgan fingerprint density at radius 3 is 2.11 bits per heavy atom. The molecule has 0 aliphatic carbocycles. The fourth-order valence-electron chi connectivity index (χ4n) is 2.37. The van der Waals surface area contributed by atoms with E-state index < -0.39 is 23.5 Å². The molecule has 1 amide bonds. The van der Waals surface area contributed by atoms with Crippen molar-refractivity contribution in [1.82, 2.24) is 4.90 Å². The highest BCUT2D eigenvalue weighted by Crippen LogP contribution is 2.37. The van der Waals surface area contributed by atoms with Crippen LogP contribution in [0.2, 0.25) is 0 Å². The van der Waals surface area contributed by atoms with Gasteiger partial charge in [0.05, 0.1) is 5.41 Å². The summed E-state index contributed by atoms with van der Waals surface area (Å²) >= 11 is 0. The minimum absolute atomic E-state index is 0.0813. The van der Waals surface area contributed by atoms with E-state index in [9.17, 15) is 27.9 Å². The molecular weight excluding hydrogens is 251 g/mol. The van der Waals surface area contributed by atoms with Crippen molar-refractivity contribution in [3.63, 3.8) is 0 Å². The molecule has 18 heavy (non-hydrogen) atoms. The lowest BCUT2D eigenvalue weighted by atomic mass is 9.75. The summed E-state index contributed by atoms with van der Waals surface area (Å²) in [6, 6.07) is 0. The number of piperidine rings is 1. The molecule has 0 aromatic carbocycles. The first-order valence-electron chi connectivity index (χ1n) is 5.82. The van der Waals surface area contributed by atoms with Crippen molar-refractivity contribution in [3.8, 4) is 0 Å². The van der Waals surface area contributed by atoms with Crippen LogP contribution in [0.3, 0.4) is 0 Å². The fourth-order valence-corrected chi connectivity index (χ4v) is 2.37. The lowest BCUT2D eigenvalue weighted by Crippen LogP contribution is -2.50. The Morgan fingerprint density at radius 1 is 1.28 bits per heavy atom. The zero-order valence-corrected chi connectivity index (χ0v) is 10.1. The summed E-state index contributed by atoms with van der Waals surface area (Å²) < 4.78 is 36.7. The zero-order valence-electron chi connectivity index (χ0n) is 10.1. The van der Waals surface area contributed by atoms with E-state index in [0.717, 1.165) is 0 Å². The van der Waals surface area contributed by atoms with Crippen molar-refractivity contribution < 1.29 is 27.9 Å². The van der Waals surface area contributed by atoms with Gasteiger partial charge in [-0.05, 0) is 19.3 Å². The average molecular weight is 267 g/mol. The first-order chi connectivity index (χ1) is 8.23. The quantitative estimate of drug-likeness (QED) is 0.851. The maximum atomic E-state index is 12.2. The minimum atomic E-state index is -4.88. The number of hydrogen-bond acceptors (Lipinski definition) is 2. The van der Waals surface area contributed by atoms with E-state index in [2.05, 4.69) is 0 Å². The molecule has 1 saturated heterocycles. The van der Waals surface area contributed by atoms with E-state index in [0.29, 0.717) is 17.7 Å². The number of carboxylic acid groups (broad SMARTS) is 1. The van der Waals surface area contributed by atoms with Gasteiger partial charge >= 0.3 is 18.1 Å². The van der Waals surface area contributed by atoms with Crippen molar-refractivity contribution in [1.29, 1.82) is 0 Å². The van der Waals surface area contributed by atoms with Gasteiger partial charge in [-0.3, -0.25) is 9.59 Å². The summed E-state index contributed by atoms with van der Waals surface area (Å²) in [5.74, 6) is -2.86. The SMILES string of the molecule is CCCC1(C(=O)O)CCN(C(=O)C(F)(F)F)CC1. The molecule has 4 nitrogen and oxygen atoms in total. The van der Waals surface area contributed by atoms with Gasteiger partial charge in [0, 0.05) is 13.1 Å². The standard InChI is InChI=1S/C11H16F3NO3/c1-2-3-10(9(17)18)4-6-15(7-5-10)8(16)11(12,13)14/h2-7H2,1H3,(H,17,18). The Morgan fingerprint density at radius 2 is 1.78 bits per heavy atom. The third kappa shape index (κ3) is 2.94. The van der Waals surface area contributed by atoms with Gasteiger partial charge in [-0.25, -0.2) is 0 Å². The van der Waals surface area contributed by atoms with Crippen molar-refractivity contribution in [2.24, 2.45) is 5.41 Å². The van der Waals surface area contributed by atoms with Gasteiger partial charge in [0.15, 0.2) is 0 Å². The van der Waals surface area contributed by atoms with Crippen molar-refractivity contribution in [2.45, 2.75) is 38.8 Å². The molecule has 0 radical (unpaired) electrons. The van der Waals surface area contributed by atoms with Crippen LogP contribution < -0.4 is 0 Å². The molecule has 0 spiro atoms. The van der Waals surface area contributed by atoms with Crippen molar-refractivity contribution in [3.05, 3.63) is 0 Å². The van der Waals surface area contributed by atoms with E-state index in [1.807, 2.05) is 6.92 Å². The number of nitrogens with zero attached hydrogens (tertiary/aromatic N) is 1. The van der Waals surface area contributed by atoms with Gasteiger partial charge in [-0.15, -0.1) is 0 Å². The second kappa shape index (κ2) is 5.16. The number of rotatable bonds is 3. The molecule has 1 N–H and O–H groups in total. The van der Waals surface area contributed by atoms with E-state index >= 15 is 0 Å². The lowest BCUT2D eigenvalue weighted by molar-refractivity contribution is -0.188. The summed E-state index contributed by atoms with van der Waals surface area (Å²) in [7, 11) is 0. The molecule has 1 aliphatic heterocycles. The predicted molar refractivity (Wildman–Crippen MR) is 56.8 cm³/mol. The normalized spacial score (nSPS) is 19.7. The number of amides is 1. The molecule has 0 unspecified atom stereocenters. The number of halogens is 3. The van der Waals surface area contributed by atoms with E-state index in [-0.39, 0.29) is 25.9 Å². The largest absolute Gasteiger partial charge is 0.481 e. The Labute approximate surface area is 103 Å². The highest BCUT2D eigenvalue weighted by atomic mass is 19.4. The number of carbonyl (C=O) groups excluding carboxylic acids is 1. The molecular formula is C11H16F3NO3. The number of aliphatic carboxylic acids is 1. The molecule has 7 heteroatoms. The number of likely N-dealkylation sites (tertiary alicyclic amines) is 1. The van der Waals surface area contributed by atoms with E-state index in [4.69, 9.17) is 0 Å². The highest BCUT2D eigenvalue weighted by Gasteiger charge is 2.47. The molecule has 1 rings (SSSR count). The fraction of sp³-hybridized carbons (Fsp3) is 0.818. The summed E-state index contributed by atoms with van der Waals surface area (Å²) in [5, 5.41) is 9.18. The summed E-state index contributed by atoms with van der Waals surface area (Å²) in [6.07, 6.45) is -3.64. The third-order valence-electron chi connectivity index (χ3n) is 3.43. The Balaban J connectivity index is 2.70. The predicted octanol–water partition coefficient (Wildman–Crippen LogP) is 2.04. The van der Waals surface area contributed by atoms with Gasteiger partial charge in [0.2, 0.25) is 0 Å². The first-order valence-corrected chi connectivity index (χ1v) is 5.82. The van der Waals surface area contributed by atoms with Crippen LogP contribution in [0.25, 0.3) is 0 Å². The van der Waals surface area contributed by atoms with Gasteiger partial charge in [0.1, 0.15) is 0 Å². The molecule has 0 aromatic rings. The maximum Gasteiger partial charge on any atom is 0.471 e. The van der Waals surface area contributed by atoms with E-state index in [1.165, 1.54) is 0 Å². The minimum Gasteiger partial charge on any atom is -0.481 e. The van der Waals surface area contributed by atoms with Crippen LogP contribution in [0.1, 0.15) is 32.6 Å². The number of carbonyl (C=O) groups is 2. The van der Waals surface area contributed by atoms with Crippen LogP contribution in [-0.2, 0) is 9.59 Å². The van der Waals surface area contributed by atoms with Crippen molar-refractivity contribution >= 4 is 11.9 Å².